The Kier molecular flexibility index (Phi) is 12.3. The van der Waals surface area contributed by atoms with E-state index in [0.717, 1.165) is 66.2 Å². The SMILES string of the molecule is CCc1cc(N2C(=S)N(c3ccc(C#N)c(C(F)(F)F)c3)C(=O)C2(C)C)ccc1OCCC1CCN(CC(=O)Cc2cccc(NC3CCC(=O)NC3=O)c2)CC1. The molecule has 11 nitrogen and oxygen atoms in total. The molecule has 3 aromatic rings. The van der Waals surface area contributed by atoms with Crippen molar-refractivity contribution in [3.63, 3.8) is 0 Å². The Morgan fingerprint density at radius 1 is 1.04 bits per heavy atom. The van der Waals surface area contributed by atoms with Gasteiger partial charge in [0.2, 0.25) is 11.8 Å². The third-order valence-electron chi connectivity index (χ3n) is 10.8. The number of thiocarbonyl (C=S) groups is 1. The molecule has 0 spiro atoms. The van der Waals surface area contributed by atoms with E-state index in [1.54, 1.807) is 30.9 Å². The predicted octanol–water partition coefficient (Wildman–Crippen LogP) is 6.57. The molecule has 300 valence electrons. The van der Waals surface area contributed by atoms with E-state index < -0.39 is 34.8 Å². The largest absolute Gasteiger partial charge is 0.493 e. The molecule has 3 saturated heterocycles. The molecule has 3 aliphatic rings. The molecule has 0 aromatic heterocycles. The Morgan fingerprint density at radius 3 is 2.46 bits per heavy atom. The third-order valence-corrected chi connectivity index (χ3v) is 11.2. The van der Waals surface area contributed by atoms with E-state index in [-0.39, 0.29) is 41.2 Å². The average molecular weight is 803 g/mol. The molecule has 0 aliphatic carbocycles. The van der Waals surface area contributed by atoms with Crippen molar-refractivity contribution in [3.05, 3.63) is 82.9 Å². The summed E-state index contributed by atoms with van der Waals surface area (Å²) in [6.07, 6.45) is -0.446. The van der Waals surface area contributed by atoms with E-state index in [2.05, 4.69) is 15.5 Å². The maximum absolute atomic E-state index is 13.8. The quantitative estimate of drug-likeness (QED) is 0.145. The van der Waals surface area contributed by atoms with Gasteiger partial charge in [0.15, 0.2) is 10.9 Å². The second-order valence-electron chi connectivity index (χ2n) is 15.2. The fourth-order valence-electron chi connectivity index (χ4n) is 7.69. The van der Waals surface area contributed by atoms with Crippen molar-refractivity contribution < 1.29 is 37.1 Å². The standard InChI is InChI=1S/C42H45F3N6O5S/c1-4-28-22-32(51-40(57)50(39(55)41(51,2)3)31-9-8-29(24-46)34(23-31)42(43,44)45)10-12-36(28)56-19-16-26-14-17-49(18-15-26)25-33(52)21-27-6-5-7-30(20-27)47-35-11-13-37(53)48-38(35)54/h5-10,12,20,22-23,26,35,47H,4,11,13-19,21,25H2,1-3H3,(H,48,53,54). The van der Waals surface area contributed by atoms with Crippen molar-refractivity contribution in [2.45, 2.75) is 83.5 Å². The van der Waals surface area contributed by atoms with Crippen LogP contribution in [0.15, 0.2) is 60.7 Å². The van der Waals surface area contributed by atoms with Crippen molar-refractivity contribution in [1.82, 2.24) is 10.2 Å². The lowest BCUT2D eigenvalue weighted by atomic mass is 9.93. The van der Waals surface area contributed by atoms with E-state index in [4.69, 9.17) is 17.0 Å². The van der Waals surface area contributed by atoms with Crippen LogP contribution in [0.3, 0.4) is 0 Å². The van der Waals surface area contributed by atoms with Crippen LogP contribution in [-0.2, 0) is 38.2 Å². The van der Waals surface area contributed by atoms with Gasteiger partial charge in [-0.1, -0.05) is 19.1 Å². The molecule has 3 aliphatic heterocycles. The summed E-state index contributed by atoms with van der Waals surface area (Å²) >= 11 is 5.71. The van der Waals surface area contributed by atoms with E-state index in [0.29, 0.717) is 43.3 Å². The second kappa shape index (κ2) is 17.0. The second-order valence-corrected chi connectivity index (χ2v) is 15.6. The van der Waals surface area contributed by atoms with Crippen LogP contribution < -0.4 is 25.2 Å². The van der Waals surface area contributed by atoms with Crippen molar-refractivity contribution >= 4 is 57.9 Å². The maximum Gasteiger partial charge on any atom is 0.417 e. The molecule has 0 radical (unpaired) electrons. The number of amides is 3. The summed E-state index contributed by atoms with van der Waals surface area (Å²) in [7, 11) is 0. The van der Waals surface area contributed by atoms with Gasteiger partial charge < -0.3 is 15.0 Å². The molecule has 0 bridgehead atoms. The van der Waals surface area contributed by atoms with Gasteiger partial charge in [-0.15, -0.1) is 0 Å². The lowest BCUT2D eigenvalue weighted by Gasteiger charge is -2.31. The molecule has 57 heavy (non-hydrogen) atoms. The van der Waals surface area contributed by atoms with Crippen molar-refractivity contribution in [2.24, 2.45) is 5.92 Å². The predicted molar refractivity (Wildman–Crippen MR) is 213 cm³/mol. The summed E-state index contributed by atoms with van der Waals surface area (Å²) in [5, 5.41) is 14.8. The number of nitriles is 1. The highest BCUT2D eigenvalue weighted by Crippen LogP contribution is 2.40. The molecule has 6 rings (SSSR count). The number of Topliss-reactive ketones (excluding diaryl/α,β-unsaturated/α-hetero) is 1. The van der Waals surface area contributed by atoms with Gasteiger partial charge in [-0.2, -0.15) is 18.4 Å². The lowest BCUT2D eigenvalue weighted by Crippen LogP contribution is -2.47. The number of benzene rings is 3. The number of nitrogens with zero attached hydrogens (tertiary/aromatic N) is 4. The van der Waals surface area contributed by atoms with E-state index >= 15 is 0 Å². The molecular weight excluding hydrogens is 758 g/mol. The van der Waals surface area contributed by atoms with Crippen molar-refractivity contribution in [1.29, 1.82) is 5.26 Å². The van der Waals surface area contributed by atoms with Gasteiger partial charge in [-0.05, 0) is 137 Å². The number of carbonyl (C=O) groups is 4. The summed E-state index contributed by atoms with van der Waals surface area (Å²) in [4.78, 5) is 55.2. The molecular formula is C42H45F3N6O5S. The van der Waals surface area contributed by atoms with Gasteiger partial charge in [0.1, 0.15) is 17.3 Å². The minimum atomic E-state index is -4.79. The molecule has 3 amide bonds. The monoisotopic (exact) mass is 802 g/mol. The van der Waals surface area contributed by atoms with Crippen LogP contribution in [0.25, 0.3) is 0 Å². The van der Waals surface area contributed by atoms with Crippen LogP contribution >= 0.6 is 12.2 Å². The van der Waals surface area contributed by atoms with Gasteiger partial charge in [0.05, 0.1) is 36.0 Å². The number of rotatable bonds is 13. The molecule has 2 N–H and O–H groups in total. The molecule has 3 fully saturated rings. The average Bonchev–Trinajstić information content (AvgIpc) is 3.34. The highest BCUT2D eigenvalue weighted by atomic mass is 32.1. The van der Waals surface area contributed by atoms with Gasteiger partial charge >= 0.3 is 6.18 Å². The fraction of sp³-hybridized carbons (Fsp3) is 0.429. The first-order chi connectivity index (χ1) is 27.1. The summed E-state index contributed by atoms with van der Waals surface area (Å²) in [5.74, 6) is 0.153. The highest BCUT2D eigenvalue weighted by Gasteiger charge is 2.51. The number of likely N-dealkylation sites (tertiary alicyclic amines) is 1. The molecule has 1 unspecified atom stereocenters. The van der Waals surface area contributed by atoms with E-state index in [1.807, 2.05) is 43.3 Å². The summed E-state index contributed by atoms with van der Waals surface area (Å²) in [5.41, 5.74) is 0.132. The van der Waals surface area contributed by atoms with Crippen molar-refractivity contribution in [3.8, 4) is 11.8 Å². The Bertz CT molecular complexity index is 2110. The number of hydrogen-bond acceptors (Lipinski definition) is 9. The minimum Gasteiger partial charge on any atom is -0.493 e. The number of imide groups is 1. The number of carbonyl (C=O) groups excluding carboxylic acids is 4. The summed E-state index contributed by atoms with van der Waals surface area (Å²) < 4.78 is 47.5. The van der Waals surface area contributed by atoms with Gasteiger partial charge in [0.25, 0.3) is 5.91 Å². The van der Waals surface area contributed by atoms with Crippen LogP contribution in [0, 0.1) is 17.2 Å². The zero-order valence-corrected chi connectivity index (χ0v) is 32.9. The summed E-state index contributed by atoms with van der Waals surface area (Å²) in [6, 6.07) is 17.2. The molecule has 3 heterocycles. The number of nitrogens with one attached hydrogen (secondary N) is 2. The Hall–Kier alpha value is -5.33. The van der Waals surface area contributed by atoms with Crippen LogP contribution in [0.2, 0.25) is 0 Å². The molecule has 15 heteroatoms. The molecule has 0 saturated carbocycles. The van der Waals surface area contributed by atoms with E-state index in [1.165, 1.54) is 6.07 Å². The van der Waals surface area contributed by atoms with E-state index in [9.17, 15) is 37.6 Å². The number of ketones is 1. The third kappa shape index (κ3) is 9.29. The Labute approximate surface area is 335 Å². The van der Waals surface area contributed by atoms with Gasteiger partial charge in [-0.25, -0.2) is 0 Å². The zero-order chi connectivity index (χ0) is 41.1. The lowest BCUT2D eigenvalue weighted by molar-refractivity contribution is -0.138. The molecule has 1 atom stereocenters. The van der Waals surface area contributed by atoms with Gasteiger partial charge in [-0.3, -0.25) is 34.3 Å². The topological polar surface area (TPSA) is 135 Å². The highest BCUT2D eigenvalue weighted by molar-refractivity contribution is 7.81. The van der Waals surface area contributed by atoms with Crippen LogP contribution in [0.4, 0.5) is 30.2 Å². The first-order valence-electron chi connectivity index (χ1n) is 19.1. The summed E-state index contributed by atoms with van der Waals surface area (Å²) in [6.45, 7) is 7.79. The van der Waals surface area contributed by atoms with Crippen molar-refractivity contribution in [2.75, 3.05) is 41.4 Å². The van der Waals surface area contributed by atoms with Crippen LogP contribution in [0.1, 0.15) is 75.1 Å². The number of aryl methyl sites for hydroxylation is 1. The molecule has 3 aromatic carbocycles. The minimum absolute atomic E-state index is 0.0279. The zero-order valence-electron chi connectivity index (χ0n) is 32.1. The number of halogens is 3. The number of piperidine rings is 2. The normalized spacial score (nSPS) is 19.1. The first kappa shape index (κ1) is 41.3. The first-order valence-corrected chi connectivity index (χ1v) is 19.5. The Balaban J connectivity index is 0.994. The smallest absolute Gasteiger partial charge is 0.417 e. The number of alkyl halides is 3. The fourth-order valence-corrected chi connectivity index (χ4v) is 8.21. The van der Waals surface area contributed by atoms with Crippen LogP contribution in [-0.4, -0.2) is 71.3 Å². The number of ether oxygens (including phenoxy) is 1. The van der Waals surface area contributed by atoms with Crippen LogP contribution in [0.5, 0.6) is 5.75 Å². The maximum atomic E-state index is 13.8. The Morgan fingerprint density at radius 2 is 1.77 bits per heavy atom. The van der Waals surface area contributed by atoms with Gasteiger partial charge in [0, 0.05) is 24.2 Å². The number of hydrogen-bond donors (Lipinski definition) is 2. The number of anilines is 3.